The fourth-order valence-electron chi connectivity index (χ4n) is 3.37. The lowest BCUT2D eigenvalue weighted by atomic mass is 10.1. The van der Waals surface area contributed by atoms with Gasteiger partial charge in [0.1, 0.15) is 5.82 Å². The molecule has 0 aliphatic carbocycles. The van der Waals surface area contributed by atoms with Crippen LogP contribution in [0, 0.1) is 12.8 Å². The van der Waals surface area contributed by atoms with Gasteiger partial charge in [0.25, 0.3) is 0 Å². The summed E-state index contributed by atoms with van der Waals surface area (Å²) in [5.74, 6) is 2.12. The normalized spacial score (nSPS) is 19.6. The van der Waals surface area contributed by atoms with Crippen LogP contribution in [0.1, 0.15) is 19.5 Å². The summed E-state index contributed by atoms with van der Waals surface area (Å²) in [7, 11) is 2.16. The second kappa shape index (κ2) is 7.56. The Hall–Kier alpha value is -1.89. The number of piperazine rings is 2. The van der Waals surface area contributed by atoms with Crippen molar-refractivity contribution in [1.82, 2.24) is 19.8 Å². The highest BCUT2D eigenvalue weighted by molar-refractivity contribution is 5.78. The summed E-state index contributed by atoms with van der Waals surface area (Å²) in [5, 5.41) is 0. The topological polar surface area (TPSA) is 55.8 Å². The molecule has 1 aromatic rings. The summed E-state index contributed by atoms with van der Waals surface area (Å²) < 4.78 is 0. The van der Waals surface area contributed by atoms with E-state index >= 15 is 0 Å². The lowest BCUT2D eigenvalue weighted by Gasteiger charge is -2.37. The zero-order valence-electron chi connectivity index (χ0n) is 15.9. The van der Waals surface area contributed by atoms with Gasteiger partial charge in [-0.05, 0) is 14.0 Å². The summed E-state index contributed by atoms with van der Waals surface area (Å²) in [4.78, 5) is 30.5. The summed E-state index contributed by atoms with van der Waals surface area (Å²) in [5.41, 5.74) is 1.000. The molecule has 0 radical (unpaired) electrons. The maximum absolute atomic E-state index is 12.1. The number of amides is 1. The van der Waals surface area contributed by atoms with E-state index < -0.39 is 0 Å². The summed E-state index contributed by atoms with van der Waals surface area (Å²) in [6.45, 7) is 13.2. The van der Waals surface area contributed by atoms with Gasteiger partial charge in [-0.15, -0.1) is 0 Å². The lowest BCUT2D eigenvalue weighted by Crippen LogP contribution is -2.50. The van der Waals surface area contributed by atoms with Gasteiger partial charge in [0.15, 0.2) is 0 Å². The summed E-state index contributed by atoms with van der Waals surface area (Å²) in [6, 6.07) is 2.08. The van der Waals surface area contributed by atoms with Crippen molar-refractivity contribution in [2.24, 2.45) is 5.92 Å². The molecule has 7 heteroatoms. The molecule has 3 heterocycles. The van der Waals surface area contributed by atoms with E-state index in [2.05, 4.69) is 32.8 Å². The number of likely N-dealkylation sites (N-methyl/N-ethyl adjacent to an activating group) is 1. The van der Waals surface area contributed by atoms with Gasteiger partial charge in [0.05, 0.1) is 0 Å². The summed E-state index contributed by atoms with van der Waals surface area (Å²) >= 11 is 0. The number of aromatic nitrogens is 2. The Balaban J connectivity index is 1.68. The molecule has 138 valence electrons. The van der Waals surface area contributed by atoms with Crippen LogP contribution in [0.15, 0.2) is 6.07 Å². The number of carbonyl (C=O) groups is 1. The molecule has 1 aromatic heterocycles. The van der Waals surface area contributed by atoms with Gasteiger partial charge < -0.3 is 19.6 Å². The van der Waals surface area contributed by atoms with E-state index in [9.17, 15) is 4.79 Å². The van der Waals surface area contributed by atoms with Crippen molar-refractivity contribution in [3.05, 3.63) is 11.8 Å². The lowest BCUT2D eigenvalue weighted by molar-refractivity contribution is -0.134. The Kier molecular flexibility index (Phi) is 5.42. The van der Waals surface area contributed by atoms with Crippen molar-refractivity contribution >= 4 is 17.7 Å². The van der Waals surface area contributed by atoms with Crippen molar-refractivity contribution in [1.29, 1.82) is 0 Å². The smallest absolute Gasteiger partial charge is 0.227 e. The maximum atomic E-state index is 12.1. The van der Waals surface area contributed by atoms with E-state index in [0.717, 1.165) is 69.8 Å². The highest BCUT2D eigenvalue weighted by Gasteiger charge is 2.25. The number of rotatable bonds is 3. The molecule has 2 saturated heterocycles. The molecule has 0 atom stereocenters. The van der Waals surface area contributed by atoms with Crippen LogP contribution >= 0.6 is 0 Å². The van der Waals surface area contributed by atoms with Crippen LogP contribution in [0.5, 0.6) is 0 Å². The molecule has 2 aliphatic rings. The molecule has 2 aliphatic heterocycles. The SMILES string of the molecule is Cc1cc(N2CCN(C)CC2)nc(N2CCN(C(=O)C(C)C)CC2)n1. The zero-order valence-corrected chi connectivity index (χ0v) is 15.9. The molecule has 7 nitrogen and oxygen atoms in total. The van der Waals surface area contributed by atoms with Crippen LogP contribution in [0.25, 0.3) is 0 Å². The van der Waals surface area contributed by atoms with E-state index in [1.165, 1.54) is 0 Å². The minimum Gasteiger partial charge on any atom is -0.354 e. The first kappa shape index (κ1) is 17.9. The maximum Gasteiger partial charge on any atom is 0.227 e. The average Bonchev–Trinajstić information content (AvgIpc) is 2.61. The van der Waals surface area contributed by atoms with Crippen molar-refractivity contribution in [2.75, 3.05) is 69.2 Å². The second-order valence-electron chi connectivity index (χ2n) is 7.42. The molecule has 0 saturated carbocycles. The van der Waals surface area contributed by atoms with E-state index in [1.54, 1.807) is 0 Å². The first-order valence-corrected chi connectivity index (χ1v) is 9.27. The fourth-order valence-corrected chi connectivity index (χ4v) is 3.37. The van der Waals surface area contributed by atoms with Crippen molar-refractivity contribution in [3.63, 3.8) is 0 Å². The minimum atomic E-state index is 0.0607. The monoisotopic (exact) mass is 346 g/mol. The van der Waals surface area contributed by atoms with Gasteiger partial charge in [-0.3, -0.25) is 4.79 Å². The predicted molar refractivity (Wildman–Crippen MR) is 100 cm³/mol. The molecule has 25 heavy (non-hydrogen) atoms. The minimum absolute atomic E-state index is 0.0607. The number of nitrogens with zero attached hydrogens (tertiary/aromatic N) is 6. The standard InChI is InChI=1S/C18H30N6O/c1-14(2)17(25)23-9-11-24(12-10-23)18-19-15(3)13-16(20-18)22-7-5-21(4)6-8-22/h13-14H,5-12H2,1-4H3. The van der Waals surface area contributed by atoms with Gasteiger partial charge >= 0.3 is 0 Å². The van der Waals surface area contributed by atoms with Crippen LogP contribution in [-0.2, 0) is 4.79 Å². The molecule has 0 bridgehead atoms. The number of carbonyl (C=O) groups excluding carboxylic acids is 1. The highest BCUT2D eigenvalue weighted by Crippen LogP contribution is 2.20. The predicted octanol–water partition coefficient (Wildman–Crippen LogP) is 0.841. The Labute approximate surface area is 150 Å². The number of hydrogen-bond donors (Lipinski definition) is 0. The number of aryl methyl sites for hydroxylation is 1. The molecule has 2 fully saturated rings. The number of hydrogen-bond acceptors (Lipinski definition) is 6. The van der Waals surface area contributed by atoms with Crippen LogP contribution in [0.2, 0.25) is 0 Å². The van der Waals surface area contributed by atoms with Crippen molar-refractivity contribution in [3.8, 4) is 0 Å². The Bertz CT molecular complexity index is 604. The summed E-state index contributed by atoms with van der Waals surface area (Å²) in [6.07, 6.45) is 0. The van der Waals surface area contributed by atoms with Crippen LogP contribution in [0.3, 0.4) is 0 Å². The molecule has 3 rings (SSSR count). The van der Waals surface area contributed by atoms with Crippen LogP contribution < -0.4 is 9.80 Å². The second-order valence-corrected chi connectivity index (χ2v) is 7.42. The number of anilines is 2. The molecular formula is C18H30N6O. The van der Waals surface area contributed by atoms with E-state index in [0.29, 0.717) is 0 Å². The van der Waals surface area contributed by atoms with Gasteiger partial charge in [-0.25, -0.2) is 4.98 Å². The third-order valence-corrected chi connectivity index (χ3v) is 5.02. The first-order chi connectivity index (χ1) is 11.9. The molecule has 0 unspecified atom stereocenters. The van der Waals surface area contributed by atoms with Crippen molar-refractivity contribution < 1.29 is 4.79 Å². The van der Waals surface area contributed by atoms with Crippen molar-refractivity contribution in [2.45, 2.75) is 20.8 Å². The quantitative estimate of drug-likeness (QED) is 0.808. The van der Waals surface area contributed by atoms with Crippen LogP contribution in [-0.4, -0.2) is 85.1 Å². The Morgan fingerprint density at radius 2 is 1.56 bits per heavy atom. The Morgan fingerprint density at radius 1 is 0.960 bits per heavy atom. The van der Waals surface area contributed by atoms with Gasteiger partial charge in [-0.2, -0.15) is 4.98 Å². The molecule has 1 amide bonds. The molecule has 0 aromatic carbocycles. The highest BCUT2D eigenvalue weighted by atomic mass is 16.2. The van der Waals surface area contributed by atoms with E-state index in [4.69, 9.17) is 4.98 Å². The van der Waals surface area contributed by atoms with Crippen LogP contribution in [0.4, 0.5) is 11.8 Å². The van der Waals surface area contributed by atoms with Gasteiger partial charge in [0.2, 0.25) is 11.9 Å². The third kappa shape index (κ3) is 4.21. The van der Waals surface area contributed by atoms with Gasteiger partial charge in [0, 0.05) is 70.0 Å². The third-order valence-electron chi connectivity index (χ3n) is 5.02. The first-order valence-electron chi connectivity index (χ1n) is 9.27. The van der Waals surface area contributed by atoms with E-state index in [-0.39, 0.29) is 11.8 Å². The largest absolute Gasteiger partial charge is 0.354 e. The zero-order chi connectivity index (χ0) is 18.0. The fraction of sp³-hybridized carbons (Fsp3) is 0.722. The Morgan fingerprint density at radius 3 is 2.16 bits per heavy atom. The van der Waals surface area contributed by atoms with Gasteiger partial charge in [-0.1, -0.05) is 13.8 Å². The molecule has 0 N–H and O–H groups in total. The average molecular weight is 346 g/mol. The molecule has 0 spiro atoms. The van der Waals surface area contributed by atoms with E-state index in [1.807, 2.05) is 25.7 Å². The molecular weight excluding hydrogens is 316 g/mol.